The summed E-state index contributed by atoms with van der Waals surface area (Å²) in [6.07, 6.45) is 2.85. The fourth-order valence-corrected chi connectivity index (χ4v) is 1.55. The summed E-state index contributed by atoms with van der Waals surface area (Å²) in [6, 6.07) is 0. The van der Waals surface area contributed by atoms with Crippen LogP contribution in [0.1, 0.15) is 6.92 Å². The first kappa shape index (κ1) is 10.1. The molecule has 0 spiro atoms. The lowest BCUT2D eigenvalue weighted by Gasteiger charge is -2.23. The fraction of sp³-hybridized carbons (Fsp3) is 0.625. The number of hydrogen-bond acceptors (Lipinski definition) is 5. The second kappa shape index (κ2) is 3.28. The predicted molar refractivity (Wildman–Crippen MR) is 51.1 cm³/mol. The first-order valence-electron chi connectivity index (χ1n) is 4.64. The molecule has 1 aromatic heterocycles. The van der Waals surface area contributed by atoms with E-state index in [0.717, 1.165) is 13.1 Å². The quantitative estimate of drug-likeness (QED) is 0.425. The molecule has 1 N–H and O–H groups in total. The van der Waals surface area contributed by atoms with Crippen LogP contribution in [-0.2, 0) is 6.54 Å². The van der Waals surface area contributed by atoms with Crippen molar-refractivity contribution in [1.82, 2.24) is 14.5 Å². The van der Waals surface area contributed by atoms with E-state index in [1.807, 2.05) is 4.90 Å². The maximum atomic E-state index is 10.6. The van der Waals surface area contributed by atoms with Gasteiger partial charge in [-0.15, -0.1) is 0 Å². The summed E-state index contributed by atoms with van der Waals surface area (Å²) in [5, 5.41) is 20.6. The Bertz CT molecular complexity index is 383. The molecule has 0 saturated carbocycles. The molecule has 82 valence electrons. The highest BCUT2D eigenvalue weighted by molar-refractivity contribution is 5.07. The molecule has 0 radical (unpaired) electrons. The first-order chi connectivity index (χ1) is 7.00. The molecule has 7 nitrogen and oxygen atoms in total. The molecule has 1 fully saturated rings. The molecule has 1 aromatic rings. The number of rotatable bonds is 4. The molecule has 1 aliphatic heterocycles. The van der Waals surface area contributed by atoms with Gasteiger partial charge in [0.25, 0.3) is 0 Å². The van der Waals surface area contributed by atoms with Gasteiger partial charge >= 0.3 is 5.95 Å². The molecule has 0 amide bonds. The Morgan fingerprint density at radius 3 is 2.93 bits per heavy atom. The van der Waals surface area contributed by atoms with Crippen molar-refractivity contribution < 1.29 is 10.0 Å². The molecule has 2 rings (SSSR count). The molecule has 0 bridgehead atoms. The van der Waals surface area contributed by atoms with Crippen LogP contribution in [0.5, 0.6) is 0 Å². The van der Waals surface area contributed by atoms with Crippen LogP contribution < -0.4 is 0 Å². The summed E-state index contributed by atoms with van der Waals surface area (Å²) < 4.78 is 1.35. The minimum absolute atomic E-state index is 0.156. The topological polar surface area (TPSA) is 84.2 Å². The second-order valence-corrected chi connectivity index (χ2v) is 3.82. The van der Waals surface area contributed by atoms with E-state index in [2.05, 4.69) is 4.98 Å². The molecular formula is C8H12N4O3. The number of aromatic nitrogens is 2. The molecule has 1 saturated heterocycles. The van der Waals surface area contributed by atoms with Gasteiger partial charge in [0.1, 0.15) is 24.7 Å². The average molecular weight is 212 g/mol. The summed E-state index contributed by atoms with van der Waals surface area (Å²) in [5.41, 5.74) is -1.04. The Hall–Kier alpha value is -1.47. The molecule has 1 atom stereocenters. The largest absolute Gasteiger partial charge is 0.434 e. The van der Waals surface area contributed by atoms with Crippen LogP contribution in [0.3, 0.4) is 0 Å². The summed E-state index contributed by atoms with van der Waals surface area (Å²) in [6.45, 7) is 3.46. The van der Waals surface area contributed by atoms with Gasteiger partial charge in [0.05, 0.1) is 0 Å². The van der Waals surface area contributed by atoms with Crippen molar-refractivity contribution in [1.29, 1.82) is 0 Å². The lowest BCUT2D eigenvalue weighted by atomic mass is 10.2. The smallest absolute Gasteiger partial charge is 0.390 e. The molecule has 2 heterocycles. The van der Waals surface area contributed by atoms with E-state index in [-0.39, 0.29) is 12.5 Å². The Morgan fingerprint density at radius 1 is 1.73 bits per heavy atom. The normalized spacial score (nSPS) is 19.9. The number of nitro groups is 1. The summed E-state index contributed by atoms with van der Waals surface area (Å²) in [4.78, 5) is 15.5. The molecule has 7 heteroatoms. The number of hydrogen-bond donors (Lipinski definition) is 1. The third-order valence-corrected chi connectivity index (χ3v) is 2.46. The lowest BCUT2D eigenvalue weighted by Crippen LogP contribution is -2.38. The molecule has 0 aromatic carbocycles. The van der Waals surface area contributed by atoms with Crippen molar-refractivity contribution in [3.8, 4) is 0 Å². The Kier molecular flexibility index (Phi) is 2.20. The number of imidazole rings is 1. The van der Waals surface area contributed by atoms with Crippen LogP contribution in [0.15, 0.2) is 12.4 Å². The van der Waals surface area contributed by atoms with E-state index in [9.17, 15) is 15.2 Å². The van der Waals surface area contributed by atoms with Crippen LogP contribution in [0.2, 0.25) is 0 Å². The van der Waals surface area contributed by atoms with E-state index >= 15 is 0 Å². The Labute approximate surface area is 86.1 Å². The van der Waals surface area contributed by atoms with Gasteiger partial charge in [-0.1, -0.05) is 4.98 Å². The Balaban J connectivity index is 2.16. The predicted octanol–water partition coefficient (Wildman–Crippen LogP) is -0.185. The highest BCUT2D eigenvalue weighted by atomic mass is 16.6. The molecule has 1 aliphatic rings. The van der Waals surface area contributed by atoms with Crippen molar-refractivity contribution in [2.45, 2.75) is 19.2 Å². The standard InChI is InChI=1S/C8H12N4O3/c1-8(13,11-4-5-11)6-10-3-2-9-7(10)12(14)15/h2-3,13H,4-6H2,1H3. The zero-order valence-corrected chi connectivity index (χ0v) is 8.33. The molecule has 1 unspecified atom stereocenters. The lowest BCUT2D eigenvalue weighted by molar-refractivity contribution is -0.397. The van der Waals surface area contributed by atoms with Gasteiger partial charge < -0.3 is 15.2 Å². The van der Waals surface area contributed by atoms with Crippen molar-refractivity contribution >= 4 is 5.95 Å². The van der Waals surface area contributed by atoms with E-state index in [0.29, 0.717) is 0 Å². The first-order valence-corrected chi connectivity index (χ1v) is 4.64. The van der Waals surface area contributed by atoms with Crippen LogP contribution in [-0.4, -0.2) is 43.3 Å². The van der Waals surface area contributed by atoms with Crippen molar-refractivity contribution in [3.05, 3.63) is 22.5 Å². The van der Waals surface area contributed by atoms with E-state index in [4.69, 9.17) is 0 Å². The summed E-state index contributed by atoms with van der Waals surface area (Å²) in [5.74, 6) is -0.239. The molecular weight excluding hydrogens is 200 g/mol. The van der Waals surface area contributed by atoms with Crippen molar-refractivity contribution in [2.75, 3.05) is 13.1 Å². The summed E-state index contributed by atoms with van der Waals surface area (Å²) in [7, 11) is 0. The maximum absolute atomic E-state index is 10.6. The van der Waals surface area contributed by atoms with Gasteiger partial charge in [0.15, 0.2) is 0 Å². The molecule has 15 heavy (non-hydrogen) atoms. The minimum Gasteiger partial charge on any atom is -0.390 e. The monoisotopic (exact) mass is 212 g/mol. The average Bonchev–Trinajstić information content (AvgIpc) is 2.88. The molecule has 0 aliphatic carbocycles. The van der Waals surface area contributed by atoms with Gasteiger partial charge in [-0.3, -0.25) is 4.90 Å². The SMILES string of the molecule is CC(O)(Cn1ccnc1[N+](=O)[O-])N1CC1. The second-order valence-electron chi connectivity index (χ2n) is 3.82. The van der Waals surface area contributed by atoms with Crippen molar-refractivity contribution in [3.63, 3.8) is 0 Å². The van der Waals surface area contributed by atoms with Crippen LogP contribution >= 0.6 is 0 Å². The van der Waals surface area contributed by atoms with Crippen LogP contribution in [0.25, 0.3) is 0 Å². The van der Waals surface area contributed by atoms with Gasteiger partial charge in [-0.25, -0.2) is 4.57 Å². The fourth-order valence-electron chi connectivity index (χ4n) is 1.55. The van der Waals surface area contributed by atoms with Gasteiger partial charge in [-0.05, 0) is 11.8 Å². The highest BCUT2D eigenvalue weighted by Crippen LogP contribution is 2.23. The zero-order chi connectivity index (χ0) is 11.1. The number of nitrogens with zero attached hydrogens (tertiary/aromatic N) is 4. The zero-order valence-electron chi connectivity index (χ0n) is 8.33. The Morgan fingerprint density at radius 2 is 2.40 bits per heavy atom. The summed E-state index contributed by atoms with van der Waals surface area (Å²) >= 11 is 0. The van der Waals surface area contributed by atoms with E-state index in [1.165, 1.54) is 17.0 Å². The highest BCUT2D eigenvalue weighted by Gasteiger charge is 2.39. The van der Waals surface area contributed by atoms with E-state index in [1.54, 1.807) is 6.92 Å². The maximum Gasteiger partial charge on any atom is 0.434 e. The van der Waals surface area contributed by atoms with Crippen LogP contribution in [0, 0.1) is 10.1 Å². The third-order valence-electron chi connectivity index (χ3n) is 2.46. The number of aliphatic hydroxyl groups is 1. The third kappa shape index (κ3) is 1.97. The van der Waals surface area contributed by atoms with Crippen LogP contribution in [0.4, 0.5) is 5.95 Å². The van der Waals surface area contributed by atoms with Gasteiger partial charge in [0.2, 0.25) is 0 Å². The minimum atomic E-state index is -1.04. The van der Waals surface area contributed by atoms with E-state index < -0.39 is 10.6 Å². The van der Waals surface area contributed by atoms with Gasteiger partial charge in [0, 0.05) is 13.1 Å². The van der Waals surface area contributed by atoms with Gasteiger partial charge in [-0.2, -0.15) is 0 Å². The van der Waals surface area contributed by atoms with Crippen molar-refractivity contribution in [2.24, 2.45) is 0 Å².